The van der Waals surface area contributed by atoms with Crippen molar-refractivity contribution in [2.45, 2.75) is 6.92 Å². The minimum absolute atomic E-state index is 0.339. The van der Waals surface area contributed by atoms with Crippen LogP contribution in [0, 0.1) is 5.82 Å². The van der Waals surface area contributed by atoms with Gasteiger partial charge in [-0.05, 0) is 43.3 Å². The van der Waals surface area contributed by atoms with E-state index in [1.54, 1.807) is 0 Å². The highest BCUT2D eigenvalue weighted by Crippen LogP contribution is 2.15. The number of carbonyl (C=O) groups excluding carboxylic acids is 1. The lowest BCUT2D eigenvalue weighted by Gasteiger charge is -2.05. The highest BCUT2D eigenvalue weighted by atomic mass is 19.1. The summed E-state index contributed by atoms with van der Waals surface area (Å²) in [6, 6.07) is 12.6. The van der Waals surface area contributed by atoms with Crippen molar-refractivity contribution in [2.24, 2.45) is 5.10 Å². The molecule has 0 aromatic heterocycles. The molecule has 0 radical (unpaired) electrons. The maximum atomic E-state index is 12.8. The first-order chi connectivity index (χ1) is 10.2. The molecule has 0 saturated heterocycles. The molecule has 0 aliphatic carbocycles. The fraction of sp³-hybridized carbons (Fsp3) is 0.125. The molecule has 1 amide bonds. The van der Waals surface area contributed by atoms with Gasteiger partial charge >= 0.3 is 0 Å². The number of hydrazone groups is 1. The van der Waals surface area contributed by atoms with Gasteiger partial charge in [0.2, 0.25) is 0 Å². The van der Waals surface area contributed by atoms with Gasteiger partial charge in [-0.15, -0.1) is 0 Å². The van der Waals surface area contributed by atoms with Gasteiger partial charge in [0.1, 0.15) is 11.6 Å². The third kappa shape index (κ3) is 4.14. The standard InChI is InChI=1S/C16H15FN2O2/c1-2-21-15-6-4-3-5-13(15)11-18-19-16(20)12-7-9-14(17)10-8-12/h3-11H,2H2,1H3,(H,19,20)/b18-11+. The zero-order chi connectivity index (χ0) is 15.1. The fourth-order valence-corrected chi connectivity index (χ4v) is 1.70. The Balaban J connectivity index is 2.02. The number of hydrogen-bond acceptors (Lipinski definition) is 3. The minimum atomic E-state index is -0.403. The summed E-state index contributed by atoms with van der Waals surface area (Å²) in [6.45, 7) is 2.44. The van der Waals surface area contributed by atoms with E-state index in [-0.39, 0.29) is 5.82 Å². The van der Waals surface area contributed by atoms with Crippen LogP contribution in [0.25, 0.3) is 0 Å². The van der Waals surface area contributed by atoms with Gasteiger partial charge in [-0.25, -0.2) is 9.82 Å². The third-order valence-corrected chi connectivity index (χ3v) is 2.69. The molecule has 5 heteroatoms. The average molecular weight is 286 g/mol. The van der Waals surface area contributed by atoms with Crippen LogP contribution in [0.1, 0.15) is 22.8 Å². The monoisotopic (exact) mass is 286 g/mol. The first-order valence-electron chi connectivity index (χ1n) is 6.51. The topological polar surface area (TPSA) is 50.7 Å². The molecular weight excluding hydrogens is 271 g/mol. The van der Waals surface area contributed by atoms with E-state index in [9.17, 15) is 9.18 Å². The smallest absolute Gasteiger partial charge is 0.271 e. The number of halogens is 1. The highest BCUT2D eigenvalue weighted by molar-refractivity contribution is 5.95. The molecule has 0 aliphatic rings. The van der Waals surface area contributed by atoms with Crippen LogP contribution in [0.3, 0.4) is 0 Å². The van der Waals surface area contributed by atoms with Crippen LogP contribution < -0.4 is 10.2 Å². The maximum Gasteiger partial charge on any atom is 0.271 e. The summed E-state index contributed by atoms with van der Waals surface area (Å²) in [5, 5.41) is 3.88. The molecule has 0 saturated carbocycles. The van der Waals surface area contributed by atoms with Gasteiger partial charge in [0, 0.05) is 11.1 Å². The molecule has 108 valence electrons. The second-order valence-corrected chi connectivity index (χ2v) is 4.18. The molecule has 2 rings (SSSR count). The number of carbonyl (C=O) groups is 1. The largest absolute Gasteiger partial charge is 0.493 e. The van der Waals surface area contributed by atoms with E-state index >= 15 is 0 Å². The van der Waals surface area contributed by atoms with Gasteiger partial charge in [-0.1, -0.05) is 12.1 Å². The van der Waals surface area contributed by atoms with Crippen LogP contribution in [0.5, 0.6) is 5.75 Å². The number of para-hydroxylation sites is 1. The summed E-state index contributed by atoms with van der Waals surface area (Å²) >= 11 is 0. The quantitative estimate of drug-likeness (QED) is 0.678. The summed E-state index contributed by atoms with van der Waals surface area (Å²) in [4.78, 5) is 11.8. The third-order valence-electron chi connectivity index (χ3n) is 2.69. The number of ether oxygens (including phenoxy) is 1. The average Bonchev–Trinajstić information content (AvgIpc) is 2.50. The molecule has 0 heterocycles. The lowest BCUT2D eigenvalue weighted by atomic mass is 10.2. The Morgan fingerprint density at radius 2 is 1.95 bits per heavy atom. The van der Waals surface area contributed by atoms with Gasteiger partial charge in [-0.2, -0.15) is 5.10 Å². The van der Waals surface area contributed by atoms with E-state index in [4.69, 9.17) is 4.74 Å². The van der Waals surface area contributed by atoms with Crippen molar-refractivity contribution in [3.63, 3.8) is 0 Å². The zero-order valence-corrected chi connectivity index (χ0v) is 11.5. The zero-order valence-electron chi connectivity index (χ0n) is 11.5. The lowest BCUT2D eigenvalue weighted by molar-refractivity contribution is 0.0955. The van der Waals surface area contributed by atoms with Crippen molar-refractivity contribution in [1.29, 1.82) is 0 Å². The Kier molecular flexibility index (Phi) is 5.04. The van der Waals surface area contributed by atoms with Gasteiger partial charge in [0.15, 0.2) is 0 Å². The van der Waals surface area contributed by atoms with E-state index in [0.29, 0.717) is 17.9 Å². The predicted octanol–water partition coefficient (Wildman–Crippen LogP) is 2.99. The first-order valence-corrected chi connectivity index (χ1v) is 6.51. The summed E-state index contributed by atoms with van der Waals surface area (Å²) in [5.41, 5.74) is 3.49. The van der Waals surface area contributed by atoms with Crippen LogP contribution in [0.15, 0.2) is 53.6 Å². The molecular formula is C16H15FN2O2. The molecule has 0 spiro atoms. The Labute approximate surface area is 122 Å². The Hall–Kier alpha value is -2.69. The van der Waals surface area contributed by atoms with Gasteiger partial charge < -0.3 is 4.74 Å². The SMILES string of the molecule is CCOc1ccccc1/C=N/NC(=O)c1ccc(F)cc1. The molecule has 0 atom stereocenters. The number of nitrogens with zero attached hydrogens (tertiary/aromatic N) is 1. The molecule has 0 fully saturated rings. The molecule has 1 N–H and O–H groups in total. The number of amides is 1. The summed E-state index contributed by atoms with van der Waals surface area (Å²) in [6.07, 6.45) is 1.51. The van der Waals surface area contributed by atoms with Crippen molar-refractivity contribution in [1.82, 2.24) is 5.43 Å². The lowest BCUT2D eigenvalue weighted by Crippen LogP contribution is -2.17. The number of rotatable bonds is 5. The second-order valence-electron chi connectivity index (χ2n) is 4.18. The number of hydrogen-bond donors (Lipinski definition) is 1. The van der Waals surface area contributed by atoms with E-state index in [1.165, 1.54) is 30.5 Å². The van der Waals surface area contributed by atoms with Crippen LogP contribution in [-0.2, 0) is 0 Å². The molecule has 0 bridgehead atoms. The van der Waals surface area contributed by atoms with Crippen molar-refractivity contribution >= 4 is 12.1 Å². The van der Waals surface area contributed by atoms with E-state index in [0.717, 1.165) is 5.56 Å². The highest BCUT2D eigenvalue weighted by Gasteiger charge is 2.04. The maximum absolute atomic E-state index is 12.8. The molecule has 0 aliphatic heterocycles. The van der Waals surface area contributed by atoms with Gasteiger partial charge in [0.05, 0.1) is 12.8 Å². The summed E-state index contributed by atoms with van der Waals surface area (Å²) in [7, 11) is 0. The molecule has 4 nitrogen and oxygen atoms in total. The number of nitrogens with one attached hydrogen (secondary N) is 1. The predicted molar refractivity (Wildman–Crippen MR) is 79.1 cm³/mol. The van der Waals surface area contributed by atoms with Crippen molar-refractivity contribution < 1.29 is 13.9 Å². The summed E-state index contributed by atoms with van der Waals surface area (Å²) in [5.74, 6) is -0.0967. The normalized spacial score (nSPS) is 10.6. The second kappa shape index (κ2) is 7.19. The Morgan fingerprint density at radius 1 is 1.24 bits per heavy atom. The van der Waals surface area contributed by atoms with Crippen LogP contribution in [0.4, 0.5) is 4.39 Å². The van der Waals surface area contributed by atoms with Crippen molar-refractivity contribution in [2.75, 3.05) is 6.61 Å². The van der Waals surface area contributed by atoms with Gasteiger partial charge in [-0.3, -0.25) is 4.79 Å². The fourth-order valence-electron chi connectivity index (χ4n) is 1.70. The van der Waals surface area contributed by atoms with E-state index in [2.05, 4.69) is 10.5 Å². The minimum Gasteiger partial charge on any atom is -0.493 e. The van der Waals surface area contributed by atoms with Crippen LogP contribution in [0.2, 0.25) is 0 Å². The van der Waals surface area contributed by atoms with Gasteiger partial charge in [0.25, 0.3) is 5.91 Å². The van der Waals surface area contributed by atoms with E-state index in [1.807, 2.05) is 31.2 Å². The first kappa shape index (κ1) is 14.7. The van der Waals surface area contributed by atoms with Crippen LogP contribution >= 0.6 is 0 Å². The van der Waals surface area contributed by atoms with Crippen molar-refractivity contribution in [3.8, 4) is 5.75 Å². The molecule has 0 unspecified atom stereocenters. The molecule has 2 aromatic rings. The molecule has 2 aromatic carbocycles. The number of benzene rings is 2. The van der Waals surface area contributed by atoms with E-state index < -0.39 is 5.91 Å². The Morgan fingerprint density at radius 3 is 2.67 bits per heavy atom. The Bertz CT molecular complexity index is 639. The van der Waals surface area contributed by atoms with Crippen molar-refractivity contribution in [3.05, 3.63) is 65.5 Å². The van der Waals surface area contributed by atoms with Crippen LogP contribution in [-0.4, -0.2) is 18.7 Å². The molecule has 21 heavy (non-hydrogen) atoms. The summed E-state index contributed by atoms with van der Waals surface area (Å²) < 4.78 is 18.2.